The van der Waals surface area contributed by atoms with E-state index in [4.69, 9.17) is 0 Å². The number of ether oxygens (including phenoxy) is 1. The van der Waals surface area contributed by atoms with Gasteiger partial charge >= 0.3 is 6.61 Å². The molecule has 0 radical (unpaired) electrons. The molecule has 1 aliphatic rings. The lowest BCUT2D eigenvalue weighted by Crippen LogP contribution is -2.16. The van der Waals surface area contributed by atoms with Crippen LogP contribution in [-0.2, 0) is 6.54 Å². The number of hydrogen-bond acceptors (Lipinski definition) is 5. The fourth-order valence-corrected chi connectivity index (χ4v) is 2.71. The van der Waals surface area contributed by atoms with Gasteiger partial charge in [-0.05, 0) is 30.5 Å². The zero-order valence-corrected chi connectivity index (χ0v) is 12.3. The number of aromatic nitrogens is 2. The van der Waals surface area contributed by atoms with E-state index in [1.807, 2.05) is 11.9 Å². The Morgan fingerprint density at radius 1 is 1.33 bits per heavy atom. The van der Waals surface area contributed by atoms with Crippen molar-refractivity contribution in [3.05, 3.63) is 35.7 Å². The second kappa shape index (κ2) is 5.93. The van der Waals surface area contributed by atoms with E-state index in [-0.39, 0.29) is 5.75 Å². The monoisotopic (exact) mass is 311 g/mol. The van der Waals surface area contributed by atoms with E-state index in [1.165, 1.54) is 24.4 Å². The van der Waals surface area contributed by atoms with Crippen LogP contribution < -0.4 is 9.64 Å². The lowest BCUT2D eigenvalue weighted by molar-refractivity contribution is -0.0498. The maximum atomic E-state index is 12.1. The molecule has 1 aromatic heterocycles. The predicted molar refractivity (Wildman–Crippen MR) is 77.1 cm³/mol. The van der Waals surface area contributed by atoms with Crippen LogP contribution in [-0.4, -0.2) is 23.0 Å². The number of rotatable bonds is 6. The second-order valence-corrected chi connectivity index (χ2v) is 5.82. The van der Waals surface area contributed by atoms with Crippen LogP contribution in [0.15, 0.2) is 24.3 Å². The molecule has 1 aliphatic carbocycles. The van der Waals surface area contributed by atoms with Gasteiger partial charge in [0.1, 0.15) is 11.6 Å². The molecular weight excluding hydrogens is 296 g/mol. The first-order chi connectivity index (χ1) is 10.1. The molecule has 0 aliphatic heterocycles. The molecule has 2 aromatic rings. The van der Waals surface area contributed by atoms with Crippen molar-refractivity contribution < 1.29 is 13.5 Å². The first kappa shape index (κ1) is 14.2. The molecule has 0 spiro atoms. The van der Waals surface area contributed by atoms with E-state index in [1.54, 1.807) is 24.3 Å². The fraction of sp³-hybridized carbons (Fsp3) is 0.429. The van der Waals surface area contributed by atoms with Crippen LogP contribution in [0.4, 0.5) is 13.9 Å². The summed E-state index contributed by atoms with van der Waals surface area (Å²) < 4.78 is 32.9. The molecule has 0 N–H and O–H groups in total. The summed E-state index contributed by atoms with van der Waals surface area (Å²) >= 11 is 1.40. The Labute approximate surface area is 125 Å². The standard InChI is InChI=1S/C14H15F2N3OS/c1-19(14-17-12(18-21-14)10-4-5-10)8-9-2-6-11(7-3-9)20-13(15)16/h2-3,6-7,10,13H,4-5,8H2,1H3. The van der Waals surface area contributed by atoms with E-state index in [0.717, 1.165) is 16.5 Å². The highest BCUT2D eigenvalue weighted by Crippen LogP contribution is 2.39. The van der Waals surface area contributed by atoms with Crippen molar-refractivity contribution in [1.82, 2.24) is 9.36 Å². The van der Waals surface area contributed by atoms with Crippen LogP contribution >= 0.6 is 11.5 Å². The number of benzene rings is 1. The SMILES string of the molecule is CN(Cc1ccc(OC(F)F)cc1)c1nc(C2CC2)ns1. The average molecular weight is 311 g/mol. The van der Waals surface area contributed by atoms with Gasteiger partial charge in [-0.2, -0.15) is 13.2 Å². The van der Waals surface area contributed by atoms with E-state index in [2.05, 4.69) is 14.1 Å². The highest BCUT2D eigenvalue weighted by atomic mass is 32.1. The third kappa shape index (κ3) is 3.66. The maximum Gasteiger partial charge on any atom is 0.387 e. The Bertz CT molecular complexity index is 599. The molecule has 4 nitrogen and oxygen atoms in total. The molecule has 112 valence electrons. The van der Waals surface area contributed by atoms with Gasteiger partial charge in [0.25, 0.3) is 0 Å². The Kier molecular flexibility index (Phi) is 4.01. The minimum Gasteiger partial charge on any atom is -0.435 e. The molecular formula is C14H15F2N3OS. The van der Waals surface area contributed by atoms with Gasteiger partial charge in [-0.25, -0.2) is 4.98 Å². The molecule has 0 saturated heterocycles. The van der Waals surface area contributed by atoms with Crippen LogP contribution in [0, 0.1) is 0 Å². The van der Waals surface area contributed by atoms with Crippen LogP contribution in [0.5, 0.6) is 5.75 Å². The van der Waals surface area contributed by atoms with Gasteiger partial charge in [-0.3, -0.25) is 0 Å². The van der Waals surface area contributed by atoms with E-state index >= 15 is 0 Å². The lowest BCUT2D eigenvalue weighted by Gasteiger charge is -2.15. The molecule has 0 amide bonds. The molecule has 3 rings (SSSR count). The minimum absolute atomic E-state index is 0.170. The summed E-state index contributed by atoms with van der Waals surface area (Å²) in [6.07, 6.45) is 2.37. The first-order valence-corrected chi connectivity index (χ1v) is 7.47. The largest absolute Gasteiger partial charge is 0.435 e. The van der Waals surface area contributed by atoms with Gasteiger partial charge in [-0.15, -0.1) is 0 Å². The molecule has 0 atom stereocenters. The van der Waals surface area contributed by atoms with Crippen molar-refractivity contribution >= 4 is 16.7 Å². The minimum atomic E-state index is -2.79. The first-order valence-electron chi connectivity index (χ1n) is 6.70. The predicted octanol–water partition coefficient (Wildman–Crippen LogP) is 3.65. The summed E-state index contributed by atoms with van der Waals surface area (Å²) in [4.78, 5) is 6.54. The smallest absolute Gasteiger partial charge is 0.387 e. The topological polar surface area (TPSA) is 38.2 Å². The maximum absolute atomic E-state index is 12.1. The quantitative estimate of drug-likeness (QED) is 0.816. The second-order valence-electron chi connectivity index (χ2n) is 5.09. The van der Waals surface area contributed by atoms with Gasteiger partial charge < -0.3 is 9.64 Å². The van der Waals surface area contributed by atoms with Crippen molar-refractivity contribution in [2.45, 2.75) is 31.9 Å². The van der Waals surface area contributed by atoms with Crippen molar-refractivity contribution in [3.63, 3.8) is 0 Å². The van der Waals surface area contributed by atoms with Gasteiger partial charge in [0.15, 0.2) is 0 Å². The molecule has 1 fully saturated rings. The number of anilines is 1. The molecule has 7 heteroatoms. The Hall–Kier alpha value is -1.76. The van der Waals surface area contributed by atoms with E-state index < -0.39 is 6.61 Å². The van der Waals surface area contributed by atoms with Gasteiger partial charge in [0.05, 0.1) is 0 Å². The third-order valence-corrected chi connectivity index (χ3v) is 4.11. The summed E-state index contributed by atoms with van der Waals surface area (Å²) in [6, 6.07) is 6.64. The Morgan fingerprint density at radius 3 is 2.67 bits per heavy atom. The van der Waals surface area contributed by atoms with Crippen LogP contribution in [0.3, 0.4) is 0 Å². The molecule has 1 saturated carbocycles. The number of alkyl halides is 2. The third-order valence-electron chi connectivity index (χ3n) is 3.27. The van der Waals surface area contributed by atoms with Crippen LogP contribution in [0.1, 0.15) is 30.1 Å². The molecule has 21 heavy (non-hydrogen) atoms. The lowest BCUT2D eigenvalue weighted by atomic mass is 10.2. The van der Waals surface area contributed by atoms with Crippen LogP contribution in [0.25, 0.3) is 0 Å². The molecule has 1 aromatic carbocycles. The number of halogens is 2. The van der Waals surface area contributed by atoms with Gasteiger partial charge in [0, 0.05) is 31.0 Å². The summed E-state index contributed by atoms with van der Waals surface area (Å²) in [6.45, 7) is -2.14. The van der Waals surface area contributed by atoms with Crippen molar-refractivity contribution in [2.24, 2.45) is 0 Å². The zero-order valence-electron chi connectivity index (χ0n) is 11.5. The normalized spacial score (nSPS) is 14.5. The van der Waals surface area contributed by atoms with E-state index in [9.17, 15) is 8.78 Å². The Balaban J connectivity index is 1.61. The Morgan fingerprint density at radius 2 is 2.05 bits per heavy atom. The summed E-state index contributed by atoms with van der Waals surface area (Å²) in [5.41, 5.74) is 1.00. The van der Waals surface area contributed by atoms with Crippen molar-refractivity contribution in [2.75, 3.05) is 11.9 Å². The van der Waals surface area contributed by atoms with Crippen molar-refractivity contribution in [1.29, 1.82) is 0 Å². The molecule has 0 bridgehead atoms. The molecule has 1 heterocycles. The summed E-state index contributed by atoms with van der Waals surface area (Å²) in [5.74, 6) is 1.67. The van der Waals surface area contributed by atoms with Gasteiger partial charge in [-0.1, -0.05) is 12.1 Å². The van der Waals surface area contributed by atoms with Gasteiger partial charge in [0.2, 0.25) is 5.13 Å². The average Bonchev–Trinajstić information content (AvgIpc) is 3.18. The highest BCUT2D eigenvalue weighted by Gasteiger charge is 2.28. The van der Waals surface area contributed by atoms with Crippen molar-refractivity contribution in [3.8, 4) is 5.75 Å². The van der Waals surface area contributed by atoms with E-state index in [0.29, 0.717) is 12.5 Å². The molecule has 0 unspecified atom stereocenters. The summed E-state index contributed by atoms with van der Waals surface area (Å²) in [5, 5.41) is 0.879. The highest BCUT2D eigenvalue weighted by molar-refractivity contribution is 7.09. The summed E-state index contributed by atoms with van der Waals surface area (Å²) in [7, 11) is 1.95. The number of hydrogen-bond donors (Lipinski definition) is 0. The zero-order chi connectivity index (χ0) is 14.8. The van der Waals surface area contributed by atoms with Crippen LogP contribution in [0.2, 0.25) is 0 Å². The number of nitrogens with zero attached hydrogens (tertiary/aromatic N) is 3. The fourth-order valence-electron chi connectivity index (χ4n) is 2.01.